The Kier molecular flexibility index (Phi) is 7.26. The number of thiocarbonyl (C=S) groups is 1. The fraction of sp³-hybridized carbons (Fsp3) is 0.207. The van der Waals surface area contributed by atoms with Crippen LogP contribution in [-0.4, -0.2) is 27.4 Å². The summed E-state index contributed by atoms with van der Waals surface area (Å²) in [4.78, 5) is 19.4. The molecule has 2 aromatic carbocycles. The van der Waals surface area contributed by atoms with E-state index < -0.39 is 0 Å². The molecule has 1 saturated heterocycles. The van der Waals surface area contributed by atoms with Gasteiger partial charge in [-0.1, -0.05) is 48.0 Å². The van der Waals surface area contributed by atoms with Gasteiger partial charge in [-0.15, -0.1) is 0 Å². The fourth-order valence-electron chi connectivity index (χ4n) is 4.63. The highest BCUT2D eigenvalue weighted by Gasteiger charge is 2.41. The van der Waals surface area contributed by atoms with Crippen molar-refractivity contribution in [2.45, 2.75) is 32.4 Å². The Hall–Kier alpha value is -3.68. The molecule has 0 unspecified atom stereocenters. The Morgan fingerprint density at radius 1 is 1.08 bits per heavy atom. The van der Waals surface area contributed by atoms with Gasteiger partial charge in [0.1, 0.15) is 17.6 Å². The predicted octanol–water partition coefficient (Wildman–Crippen LogP) is 6.61. The van der Waals surface area contributed by atoms with E-state index in [9.17, 15) is 4.79 Å². The van der Waals surface area contributed by atoms with Crippen LogP contribution < -0.4 is 10.6 Å². The molecule has 0 aliphatic carbocycles. The lowest BCUT2D eigenvalue weighted by Crippen LogP contribution is -2.32. The zero-order valence-electron chi connectivity index (χ0n) is 20.6. The van der Waals surface area contributed by atoms with Gasteiger partial charge in [0.05, 0.1) is 11.7 Å². The summed E-state index contributed by atoms with van der Waals surface area (Å²) in [5.41, 5.74) is 4.56. The van der Waals surface area contributed by atoms with Crippen LogP contribution in [-0.2, 0) is 4.79 Å². The number of nitrogens with zero attached hydrogens (tertiary/aromatic N) is 2. The second-order valence-electron chi connectivity index (χ2n) is 9.05. The van der Waals surface area contributed by atoms with Gasteiger partial charge in [-0.3, -0.25) is 9.78 Å². The van der Waals surface area contributed by atoms with E-state index in [1.807, 2.05) is 91.5 Å². The van der Waals surface area contributed by atoms with Crippen LogP contribution in [0.5, 0.6) is 0 Å². The number of pyridine rings is 1. The van der Waals surface area contributed by atoms with Gasteiger partial charge in [-0.2, -0.15) is 0 Å². The molecule has 2 aromatic heterocycles. The molecule has 0 saturated carbocycles. The van der Waals surface area contributed by atoms with Crippen molar-refractivity contribution < 1.29 is 9.21 Å². The third kappa shape index (κ3) is 5.24. The highest BCUT2D eigenvalue weighted by molar-refractivity contribution is 7.80. The molecular formula is C29H27ClN4O2S. The number of aromatic nitrogens is 1. The summed E-state index contributed by atoms with van der Waals surface area (Å²) in [7, 11) is 0. The average molecular weight is 531 g/mol. The highest BCUT2D eigenvalue weighted by Crippen LogP contribution is 2.41. The van der Waals surface area contributed by atoms with E-state index in [-0.39, 0.29) is 24.4 Å². The number of amides is 1. The molecule has 188 valence electrons. The lowest BCUT2D eigenvalue weighted by Gasteiger charge is -2.26. The average Bonchev–Trinajstić information content (AvgIpc) is 3.51. The quantitative estimate of drug-likeness (QED) is 0.262. The summed E-state index contributed by atoms with van der Waals surface area (Å²) in [6.07, 6.45) is 2.03. The van der Waals surface area contributed by atoms with Gasteiger partial charge < -0.3 is 20.0 Å². The predicted molar refractivity (Wildman–Crippen MR) is 150 cm³/mol. The van der Waals surface area contributed by atoms with Gasteiger partial charge in [0.15, 0.2) is 5.11 Å². The van der Waals surface area contributed by atoms with E-state index >= 15 is 0 Å². The number of anilines is 1. The lowest BCUT2D eigenvalue weighted by molar-refractivity contribution is -0.116. The first kappa shape index (κ1) is 25.0. The number of para-hydroxylation sites is 1. The molecule has 3 heterocycles. The van der Waals surface area contributed by atoms with Crippen LogP contribution in [0.1, 0.15) is 41.1 Å². The van der Waals surface area contributed by atoms with Crippen molar-refractivity contribution >= 4 is 40.5 Å². The van der Waals surface area contributed by atoms with Crippen molar-refractivity contribution in [1.82, 2.24) is 15.2 Å². The molecule has 1 aliphatic rings. The van der Waals surface area contributed by atoms with Crippen molar-refractivity contribution in [2.24, 2.45) is 0 Å². The zero-order chi connectivity index (χ0) is 25.9. The number of carbonyl (C=O) groups is 1. The minimum absolute atomic E-state index is 0.0770. The van der Waals surface area contributed by atoms with Crippen LogP contribution in [0.4, 0.5) is 5.69 Å². The molecule has 0 spiro atoms. The molecule has 6 nitrogen and oxygen atoms in total. The molecule has 8 heteroatoms. The van der Waals surface area contributed by atoms with E-state index in [1.165, 1.54) is 0 Å². The number of furan rings is 1. The zero-order valence-corrected chi connectivity index (χ0v) is 22.1. The molecule has 0 bridgehead atoms. The SMILES string of the molecule is Cc1ccccc1NC(=O)CCN1C(=S)N[C@H](c2ccccn2)[C@@H]1c1ccc(-c2cccc(Cl)c2C)o1. The van der Waals surface area contributed by atoms with E-state index in [0.717, 1.165) is 39.6 Å². The van der Waals surface area contributed by atoms with Crippen molar-refractivity contribution in [3.63, 3.8) is 0 Å². The maximum Gasteiger partial charge on any atom is 0.226 e. The summed E-state index contributed by atoms with van der Waals surface area (Å²) in [5, 5.41) is 7.65. The second kappa shape index (κ2) is 10.7. The lowest BCUT2D eigenvalue weighted by atomic mass is 10.0. The highest BCUT2D eigenvalue weighted by atomic mass is 35.5. The van der Waals surface area contributed by atoms with Crippen LogP contribution in [0.2, 0.25) is 5.02 Å². The topological polar surface area (TPSA) is 70.4 Å². The van der Waals surface area contributed by atoms with Gasteiger partial charge in [0, 0.05) is 35.4 Å². The molecule has 4 aromatic rings. The van der Waals surface area contributed by atoms with Crippen molar-refractivity contribution in [1.29, 1.82) is 0 Å². The molecular weight excluding hydrogens is 504 g/mol. The van der Waals surface area contributed by atoms with Crippen LogP contribution in [0.3, 0.4) is 0 Å². The van der Waals surface area contributed by atoms with Gasteiger partial charge in [0.2, 0.25) is 5.91 Å². The standard InChI is InChI=1S/C29H27ClN4O2S/c1-18-8-3-4-11-22(18)32-26(35)15-17-34-28(27(33-29(34)37)23-12-5-6-16-31-23)25-14-13-24(36-25)20-9-7-10-21(30)19(20)2/h3-14,16,27-28H,15,17H2,1-2H3,(H,32,35)(H,33,37)/t27-,28+/m1/s1. The number of hydrogen-bond donors (Lipinski definition) is 2. The van der Waals surface area contributed by atoms with Crippen molar-refractivity contribution in [3.8, 4) is 11.3 Å². The number of hydrogen-bond acceptors (Lipinski definition) is 4. The monoisotopic (exact) mass is 530 g/mol. The number of carbonyl (C=O) groups excluding carboxylic acids is 1. The van der Waals surface area contributed by atoms with E-state index in [4.69, 9.17) is 28.2 Å². The van der Waals surface area contributed by atoms with Crippen molar-refractivity contribution in [2.75, 3.05) is 11.9 Å². The number of halogens is 1. The maximum absolute atomic E-state index is 12.8. The van der Waals surface area contributed by atoms with Crippen LogP contribution in [0.15, 0.2) is 83.4 Å². The van der Waals surface area contributed by atoms with E-state index in [2.05, 4.69) is 15.6 Å². The molecule has 1 fully saturated rings. The van der Waals surface area contributed by atoms with Crippen molar-refractivity contribution in [3.05, 3.63) is 107 Å². The molecule has 2 N–H and O–H groups in total. The van der Waals surface area contributed by atoms with Crippen LogP contribution in [0.25, 0.3) is 11.3 Å². The normalized spacial score (nSPS) is 17.1. The van der Waals surface area contributed by atoms with E-state index in [0.29, 0.717) is 16.7 Å². The molecule has 0 radical (unpaired) electrons. The molecule has 5 rings (SSSR count). The first-order valence-corrected chi connectivity index (χ1v) is 12.9. The Labute approximate surface area is 226 Å². The molecule has 1 aliphatic heterocycles. The summed E-state index contributed by atoms with van der Waals surface area (Å²) < 4.78 is 6.41. The van der Waals surface area contributed by atoms with Crippen LogP contribution in [0, 0.1) is 13.8 Å². The largest absolute Gasteiger partial charge is 0.459 e. The minimum atomic E-state index is -0.276. The number of aryl methyl sites for hydroxylation is 1. The Balaban J connectivity index is 1.42. The van der Waals surface area contributed by atoms with Gasteiger partial charge in [0.25, 0.3) is 0 Å². The first-order chi connectivity index (χ1) is 17.9. The molecule has 1 amide bonds. The number of nitrogens with one attached hydrogen (secondary N) is 2. The second-order valence-corrected chi connectivity index (χ2v) is 9.84. The summed E-state index contributed by atoms with van der Waals surface area (Å²) in [6.45, 7) is 4.37. The maximum atomic E-state index is 12.8. The first-order valence-electron chi connectivity index (χ1n) is 12.1. The Morgan fingerprint density at radius 3 is 2.68 bits per heavy atom. The summed E-state index contributed by atoms with van der Waals surface area (Å²) in [6, 6.07) is 22.7. The smallest absolute Gasteiger partial charge is 0.226 e. The third-order valence-electron chi connectivity index (χ3n) is 6.65. The summed E-state index contributed by atoms with van der Waals surface area (Å²) in [5.74, 6) is 1.38. The number of benzene rings is 2. The van der Waals surface area contributed by atoms with Gasteiger partial charge in [-0.05, 0) is 73.6 Å². The Bertz CT molecular complexity index is 1440. The molecule has 2 atom stereocenters. The summed E-state index contributed by atoms with van der Waals surface area (Å²) >= 11 is 12.1. The third-order valence-corrected chi connectivity index (χ3v) is 7.41. The van der Waals surface area contributed by atoms with Gasteiger partial charge >= 0.3 is 0 Å². The Morgan fingerprint density at radius 2 is 1.89 bits per heavy atom. The molecule has 37 heavy (non-hydrogen) atoms. The van der Waals surface area contributed by atoms with Gasteiger partial charge in [-0.25, -0.2) is 0 Å². The fourth-order valence-corrected chi connectivity index (χ4v) is 5.14. The van der Waals surface area contributed by atoms with Crippen LogP contribution >= 0.6 is 23.8 Å². The van der Waals surface area contributed by atoms with E-state index in [1.54, 1.807) is 6.20 Å². The number of rotatable bonds is 7. The minimum Gasteiger partial charge on any atom is -0.459 e.